The van der Waals surface area contributed by atoms with Crippen LogP contribution in [0.3, 0.4) is 0 Å². The van der Waals surface area contributed by atoms with E-state index in [1.165, 1.54) is 20.0 Å². The van der Waals surface area contributed by atoms with Gasteiger partial charge in [0.1, 0.15) is 5.75 Å². The topological polar surface area (TPSA) is 53.6 Å². The second-order valence-electron chi connectivity index (χ2n) is 6.94. The molecule has 0 bridgehead atoms. The van der Waals surface area contributed by atoms with Gasteiger partial charge >= 0.3 is 0 Å². The molecule has 0 radical (unpaired) electrons. The van der Waals surface area contributed by atoms with Crippen LogP contribution in [0.2, 0.25) is 5.02 Å². The summed E-state index contributed by atoms with van der Waals surface area (Å²) < 4.78 is 5.21. The fourth-order valence-corrected chi connectivity index (χ4v) is 3.77. The van der Waals surface area contributed by atoms with E-state index < -0.39 is 0 Å². The van der Waals surface area contributed by atoms with Gasteiger partial charge < -0.3 is 15.0 Å². The molecule has 1 amide bonds. The van der Waals surface area contributed by atoms with Gasteiger partial charge in [-0.2, -0.15) is 0 Å². The zero-order chi connectivity index (χ0) is 20.1. The molecule has 2 aromatic carbocycles. The third-order valence-electron chi connectivity index (χ3n) is 4.91. The number of nitrogens with zero attached hydrogens (tertiary/aromatic N) is 1. The molecule has 1 saturated heterocycles. The van der Waals surface area contributed by atoms with Gasteiger partial charge in [0.25, 0.3) is 5.91 Å². The highest BCUT2D eigenvalue weighted by Crippen LogP contribution is 2.31. The number of benzene rings is 2. The number of carbonyl (C=O) groups is 1. The van der Waals surface area contributed by atoms with Crippen molar-refractivity contribution in [2.75, 3.05) is 30.4 Å². The maximum absolute atomic E-state index is 12.4. The highest BCUT2D eigenvalue weighted by Gasteiger charge is 2.18. The number of rotatable bonds is 4. The average Bonchev–Trinajstić information content (AvgIpc) is 2.69. The minimum atomic E-state index is -0.333. The standard InChI is InChI=1S/C21H24ClN3O2S/c1-14-9-11-25(12-10-14)18-8-7-15(13-17(18)22)23-21(28)24-20(26)16-5-3-4-6-19(16)27-2/h3-8,13-14H,9-12H2,1-2H3,(H2,23,24,26,28). The molecule has 28 heavy (non-hydrogen) atoms. The van der Waals surface area contributed by atoms with Crippen LogP contribution in [0.1, 0.15) is 30.1 Å². The zero-order valence-electron chi connectivity index (χ0n) is 16.0. The van der Waals surface area contributed by atoms with Crippen LogP contribution < -0.4 is 20.3 Å². The molecular formula is C21H24ClN3O2S. The molecule has 2 N–H and O–H groups in total. The van der Waals surface area contributed by atoms with Crippen molar-refractivity contribution in [1.82, 2.24) is 5.32 Å². The number of amides is 1. The van der Waals surface area contributed by atoms with Crippen LogP contribution in [0.15, 0.2) is 42.5 Å². The number of anilines is 2. The average molecular weight is 418 g/mol. The number of para-hydroxylation sites is 1. The van der Waals surface area contributed by atoms with E-state index in [0.717, 1.165) is 30.4 Å². The lowest BCUT2D eigenvalue weighted by Crippen LogP contribution is -2.34. The van der Waals surface area contributed by atoms with E-state index in [2.05, 4.69) is 22.5 Å². The van der Waals surface area contributed by atoms with Crippen LogP contribution in [0.25, 0.3) is 0 Å². The largest absolute Gasteiger partial charge is 0.496 e. The second kappa shape index (κ2) is 9.26. The van der Waals surface area contributed by atoms with Gasteiger partial charge in [-0.3, -0.25) is 10.1 Å². The lowest BCUT2D eigenvalue weighted by atomic mass is 9.99. The Kier molecular flexibility index (Phi) is 6.75. The van der Waals surface area contributed by atoms with E-state index in [1.807, 2.05) is 18.2 Å². The number of carbonyl (C=O) groups excluding carboxylic acids is 1. The van der Waals surface area contributed by atoms with Gasteiger partial charge in [-0.25, -0.2) is 0 Å². The fourth-order valence-electron chi connectivity index (χ4n) is 3.26. The van der Waals surface area contributed by atoms with E-state index in [-0.39, 0.29) is 11.0 Å². The number of methoxy groups -OCH3 is 1. The van der Waals surface area contributed by atoms with E-state index in [0.29, 0.717) is 16.3 Å². The molecule has 1 aliphatic heterocycles. The fraction of sp³-hybridized carbons (Fsp3) is 0.333. The van der Waals surface area contributed by atoms with E-state index in [4.69, 9.17) is 28.6 Å². The number of halogens is 1. The molecule has 0 unspecified atom stereocenters. The van der Waals surface area contributed by atoms with E-state index in [1.54, 1.807) is 24.3 Å². The first-order valence-corrected chi connectivity index (χ1v) is 10.1. The number of piperidine rings is 1. The Labute approximate surface area is 176 Å². The van der Waals surface area contributed by atoms with Crippen molar-refractivity contribution >= 4 is 46.2 Å². The Balaban J connectivity index is 1.62. The van der Waals surface area contributed by atoms with Crippen LogP contribution >= 0.6 is 23.8 Å². The van der Waals surface area contributed by atoms with Crippen molar-refractivity contribution < 1.29 is 9.53 Å². The predicted molar refractivity (Wildman–Crippen MR) is 119 cm³/mol. The summed E-state index contributed by atoms with van der Waals surface area (Å²) in [6.07, 6.45) is 2.35. The summed E-state index contributed by atoms with van der Waals surface area (Å²) >= 11 is 11.8. The Morgan fingerprint density at radius 1 is 1.21 bits per heavy atom. The molecule has 7 heteroatoms. The molecule has 0 atom stereocenters. The Hall–Kier alpha value is -2.31. The first kappa shape index (κ1) is 20.4. The van der Waals surface area contributed by atoms with Crippen molar-refractivity contribution in [2.45, 2.75) is 19.8 Å². The maximum Gasteiger partial charge on any atom is 0.261 e. The summed E-state index contributed by atoms with van der Waals surface area (Å²) in [5.41, 5.74) is 2.18. The zero-order valence-corrected chi connectivity index (χ0v) is 17.6. The second-order valence-corrected chi connectivity index (χ2v) is 7.76. The summed E-state index contributed by atoms with van der Waals surface area (Å²) in [4.78, 5) is 14.7. The Morgan fingerprint density at radius 3 is 2.61 bits per heavy atom. The monoisotopic (exact) mass is 417 g/mol. The molecular weight excluding hydrogens is 394 g/mol. The number of thiocarbonyl (C=S) groups is 1. The summed E-state index contributed by atoms with van der Waals surface area (Å²) in [5, 5.41) is 6.55. The van der Waals surface area contributed by atoms with Gasteiger partial charge in [-0.1, -0.05) is 30.7 Å². The van der Waals surface area contributed by atoms with Crippen LogP contribution in [0.4, 0.5) is 11.4 Å². The summed E-state index contributed by atoms with van der Waals surface area (Å²) in [5.74, 6) is 0.923. The van der Waals surface area contributed by atoms with Crippen LogP contribution in [-0.4, -0.2) is 31.2 Å². The van der Waals surface area contributed by atoms with Crippen LogP contribution in [0, 0.1) is 5.92 Å². The number of ether oxygens (including phenoxy) is 1. The molecule has 5 nitrogen and oxygen atoms in total. The van der Waals surface area contributed by atoms with Crippen molar-refractivity contribution in [3.8, 4) is 5.75 Å². The smallest absolute Gasteiger partial charge is 0.261 e. The van der Waals surface area contributed by atoms with Crippen molar-refractivity contribution in [2.24, 2.45) is 5.92 Å². The first-order chi connectivity index (χ1) is 13.5. The van der Waals surface area contributed by atoms with Gasteiger partial charge in [0.2, 0.25) is 0 Å². The van der Waals surface area contributed by atoms with Gasteiger partial charge in [0.05, 0.1) is 23.4 Å². The molecule has 148 valence electrons. The van der Waals surface area contributed by atoms with Crippen molar-refractivity contribution in [1.29, 1.82) is 0 Å². The minimum absolute atomic E-state index is 0.200. The Bertz CT molecular complexity index is 866. The third kappa shape index (κ3) is 4.94. The molecule has 1 aliphatic rings. The van der Waals surface area contributed by atoms with Crippen molar-refractivity contribution in [3.05, 3.63) is 53.1 Å². The summed E-state index contributed by atoms with van der Waals surface area (Å²) in [7, 11) is 1.52. The lowest BCUT2D eigenvalue weighted by Gasteiger charge is -2.32. The van der Waals surface area contributed by atoms with Gasteiger partial charge in [-0.05, 0) is 61.3 Å². The van der Waals surface area contributed by atoms with E-state index in [9.17, 15) is 4.79 Å². The summed E-state index contributed by atoms with van der Waals surface area (Å²) in [6, 6.07) is 12.7. The number of hydrogen-bond acceptors (Lipinski definition) is 4. The highest BCUT2D eigenvalue weighted by molar-refractivity contribution is 7.80. The van der Waals surface area contributed by atoms with Crippen LogP contribution in [0.5, 0.6) is 5.75 Å². The normalized spacial score (nSPS) is 14.5. The molecule has 1 fully saturated rings. The maximum atomic E-state index is 12.4. The first-order valence-electron chi connectivity index (χ1n) is 9.27. The number of nitrogens with one attached hydrogen (secondary N) is 2. The minimum Gasteiger partial charge on any atom is -0.496 e. The molecule has 0 aliphatic carbocycles. The van der Waals surface area contributed by atoms with Gasteiger partial charge in [0.15, 0.2) is 5.11 Å². The molecule has 0 saturated carbocycles. The Morgan fingerprint density at radius 2 is 1.93 bits per heavy atom. The van der Waals surface area contributed by atoms with E-state index >= 15 is 0 Å². The lowest BCUT2D eigenvalue weighted by molar-refractivity contribution is 0.0975. The molecule has 3 rings (SSSR count). The predicted octanol–water partition coefficient (Wildman–Crippen LogP) is 4.71. The van der Waals surface area contributed by atoms with Crippen molar-refractivity contribution in [3.63, 3.8) is 0 Å². The molecule has 2 aromatic rings. The molecule has 0 aromatic heterocycles. The molecule has 1 heterocycles. The highest BCUT2D eigenvalue weighted by atomic mass is 35.5. The summed E-state index contributed by atoms with van der Waals surface area (Å²) in [6.45, 7) is 4.31. The van der Waals surface area contributed by atoms with Crippen LogP contribution in [-0.2, 0) is 0 Å². The quantitative estimate of drug-likeness (QED) is 0.705. The van der Waals surface area contributed by atoms with Gasteiger partial charge in [-0.15, -0.1) is 0 Å². The number of hydrogen-bond donors (Lipinski definition) is 2. The SMILES string of the molecule is COc1ccccc1C(=O)NC(=S)Nc1ccc(N2CCC(C)CC2)c(Cl)c1. The van der Waals surface area contributed by atoms with Gasteiger partial charge in [0, 0.05) is 18.8 Å². The third-order valence-corrected chi connectivity index (χ3v) is 5.42. The molecule has 0 spiro atoms.